The third-order valence-corrected chi connectivity index (χ3v) is 5.86. The predicted octanol–water partition coefficient (Wildman–Crippen LogP) is 3.21. The highest BCUT2D eigenvalue weighted by Gasteiger charge is 2.23. The number of hydrogen-bond acceptors (Lipinski definition) is 4. The first-order chi connectivity index (χ1) is 11.3. The molecule has 1 saturated carbocycles. The van der Waals surface area contributed by atoms with E-state index in [9.17, 15) is 4.79 Å². The smallest absolute Gasteiger partial charge is 0.220 e. The molecule has 1 N–H and O–H groups in total. The van der Waals surface area contributed by atoms with Gasteiger partial charge in [0, 0.05) is 26.1 Å². The molecule has 2 fully saturated rings. The summed E-state index contributed by atoms with van der Waals surface area (Å²) in [6.45, 7) is 4.17. The van der Waals surface area contributed by atoms with E-state index in [0.29, 0.717) is 13.0 Å². The van der Waals surface area contributed by atoms with Crippen molar-refractivity contribution in [3.05, 3.63) is 22.4 Å². The Balaban J connectivity index is 1.48. The molecule has 128 valence electrons. The Hall–Kier alpha value is -0.910. The molecule has 1 unspecified atom stereocenters. The first kappa shape index (κ1) is 16.9. The zero-order valence-electron chi connectivity index (χ0n) is 13.8. The van der Waals surface area contributed by atoms with Crippen molar-refractivity contribution in [2.45, 2.75) is 44.6 Å². The van der Waals surface area contributed by atoms with Gasteiger partial charge in [-0.15, -0.1) is 0 Å². The summed E-state index contributed by atoms with van der Waals surface area (Å²) in [6.07, 6.45) is 7.08. The molecule has 0 spiro atoms. The summed E-state index contributed by atoms with van der Waals surface area (Å²) in [5.41, 5.74) is 1.31. The highest BCUT2D eigenvalue weighted by atomic mass is 32.1. The van der Waals surface area contributed by atoms with Crippen LogP contribution in [0.3, 0.4) is 0 Å². The molecule has 0 radical (unpaired) electrons. The van der Waals surface area contributed by atoms with E-state index in [1.807, 2.05) is 0 Å². The summed E-state index contributed by atoms with van der Waals surface area (Å²) in [4.78, 5) is 14.6. The maximum absolute atomic E-state index is 12.2. The highest BCUT2D eigenvalue weighted by molar-refractivity contribution is 7.07. The zero-order chi connectivity index (χ0) is 15.9. The molecule has 3 rings (SSSR count). The van der Waals surface area contributed by atoms with Gasteiger partial charge in [0.05, 0.1) is 19.3 Å². The first-order valence-corrected chi connectivity index (χ1v) is 9.88. The molecule has 1 aliphatic heterocycles. The normalized spacial score (nSPS) is 21.4. The lowest BCUT2D eigenvalue weighted by Crippen LogP contribution is -2.43. The number of carbonyl (C=O) groups excluding carboxylic acids is 1. The molecule has 0 aromatic carbocycles. The lowest BCUT2D eigenvalue weighted by atomic mass is 10.0. The largest absolute Gasteiger partial charge is 0.379 e. The van der Waals surface area contributed by atoms with Gasteiger partial charge >= 0.3 is 0 Å². The minimum atomic E-state index is 0.213. The van der Waals surface area contributed by atoms with Gasteiger partial charge in [0.1, 0.15) is 0 Å². The van der Waals surface area contributed by atoms with Gasteiger partial charge in [-0.05, 0) is 34.7 Å². The van der Waals surface area contributed by atoms with Gasteiger partial charge in [-0.2, -0.15) is 11.3 Å². The molecular formula is C18H28N2O2S. The molecule has 1 amide bonds. The third-order valence-electron chi connectivity index (χ3n) is 5.16. The maximum Gasteiger partial charge on any atom is 0.220 e. The molecular weight excluding hydrogens is 308 g/mol. The zero-order valence-corrected chi connectivity index (χ0v) is 14.7. The number of rotatable bonds is 7. The number of morpholine rings is 1. The maximum atomic E-state index is 12.2. The first-order valence-electron chi connectivity index (χ1n) is 8.93. The van der Waals surface area contributed by atoms with Gasteiger partial charge in [-0.3, -0.25) is 9.69 Å². The molecule has 1 saturated heterocycles. The van der Waals surface area contributed by atoms with Crippen LogP contribution in [0.2, 0.25) is 0 Å². The van der Waals surface area contributed by atoms with E-state index in [1.165, 1.54) is 31.2 Å². The van der Waals surface area contributed by atoms with Gasteiger partial charge < -0.3 is 10.1 Å². The van der Waals surface area contributed by atoms with E-state index in [4.69, 9.17) is 4.74 Å². The average Bonchev–Trinajstić information content (AvgIpc) is 3.28. The van der Waals surface area contributed by atoms with Crippen LogP contribution in [0.5, 0.6) is 0 Å². The fourth-order valence-corrected chi connectivity index (χ4v) is 4.45. The van der Waals surface area contributed by atoms with Crippen LogP contribution in [0.25, 0.3) is 0 Å². The summed E-state index contributed by atoms with van der Waals surface area (Å²) < 4.78 is 5.46. The van der Waals surface area contributed by atoms with E-state index in [-0.39, 0.29) is 11.9 Å². The van der Waals surface area contributed by atoms with E-state index < -0.39 is 0 Å². The summed E-state index contributed by atoms with van der Waals surface area (Å²) in [5.74, 6) is 0.998. The third kappa shape index (κ3) is 5.03. The monoisotopic (exact) mass is 336 g/mol. The van der Waals surface area contributed by atoms with Crippen molar-refractivity contribution in [1.82, 2.24) is 10.2 Å². The fourth-order valence-electron chi connectivity index (χ4n) is 3.74. The Labute approximate surface area is 143 Å². The summed E-state index contributed by atoms with van der Waals surface area (Å²) in [7, 11) is 0. The molecule has 23 heavy (non-hydrogen) atoms. The van der Waals surface area contributed by atoms with Crippen LogP contribution in [0.4, 0.5) is 0 Å². The molecule has 1 aliphatic carbocycles. The molecule has 2 heterocycles. The van der Waals surface area contributed by atoms with E-state index in [0.717, 1.165) is 38.6 Å². The van der Waals surface area contributed by atoms with Crippen LogP contribution >= 0.6 is 11.3 Å². The van der Waals surface area contributed by atoms with Crippen molar-refractivity contribution in [1.29, 1.82) is 0 Å². The Bertz CT molecular complexity index is 465. The van der Waals surface area contributed by atoms with Crippen LogP contribution in [-0.2, 0) is 9.53 Å². The quantitative estimate of drug-likeness (QED) is 0.831. The van der Waals surface area contributed by atoms with Crippen molar-refractivity contribution in [2.24, 2.45) is 5.92 Å². The highest BCUT2D eigenvalue weighted by Crippen LogP contribution is 2.28. The lowest BCUT2D eigenvalue weighted by Gasteiger charge is -2.34. The van der Waals surface area contributed by atoms with Crippen molar-refractivity contribution in [2.75, 3.05) is 32.8 Å². The number of hydrogen-bond donors (Lipinski definition) is 1. The minimum Gasteiger partial charge on any atom is -0.379 e. The Morgan fingerprint density at radius 3 is 2.83 bits per heavy atom. The molecule has 4 nitrogen and oxygen atoms in total. The molecule has 1 aromatic rings. The van der Waals surface area contributed by atoms with Crippen LogP contribution in [0.1, 0.15) is 50.1 Å². The SMILES string of the molecule is O=C(CCC1CCCC1)NCC(c1ccsc1)N1CCOCC1. The van der Waals surface area contributed by atoms with Crippen LogP contribution in [-0.4, -0.2) is 43.7 Å². The van der Waals surface area contributed by atoms with Crippen molar-refractivity contribution in [3.63, 3.8) is 0 Å². The summed E-state index contributed by atoms with van der Waals surface area (Å²) in [5, 5.41) is 7.49. The topological polar surface area (TPSA) is 41.6 Å². The molecule has 0 bridgehead atoms. The molecule has 1 aromatic heterocycles. The Kier molecular flexibility index (Phi) is 6.48. The molecule has 1 atom stereocenters. The van der Waals surface area contributed by atoms with Crippen molar-refractivity contribution < 1.29 is 9.53 Å². The number of thiophene rings is 1. The van der Waals surface area contributed by atoms with Gasteiger partial charge in [-0.25, -0.2) is 0 Å². The van der Waals surface area contributed by atoms with Crippen molar-refractivity contribution >= 4 is 17.2 Å². The van der Waals surface area contributed by atoms with E-state index >= 15 is 0 Å². The average molecular weight is 337 g/mol. The number of nitrogens with one attached hydrogen (secondary N) is 1. The number of amides is 1. The van der Waals surface area contributed by atoms with Crippen LogP contribution in [0.15, 0.2) is 16.8 Å². The molecule has 2 aliphatic rings. The summed E-state index contributed by atoms with van der Waals surface area (Å²) in [6, 6.07) is 2.45. The van der Waals surface area contributed by atoms with E-state index in [2.05, 4.69) is 27.0 Å². The van der Waals surface area contributed by atoms with Gasteiger partial charge in [0.15, 0.2) is 0 Å². The van der Waals surface area contributed by atoms with Gasteiger partial charge in [0.2, 0.25) is 5.91 Å². The second kappa shape index (κ2) is 8.81. The predicted molar refractivity (Wildman–Crippen MR) is 93.7 cm³/mol. The second-order valence-electron chi connectivity index (χ2n) is 6.71. The number of ether oxygens (including phenoxy) is 1. The van der Waals surface area contributed by atoms with Crippen molar-refractivity contribution in [3.8, 4) is 0 Å². The van der Waals surface area contributed by atoms with Crippen LogP contribution in [0, 0.1) is 5.92 Å². The number of nitrogens with zero attached hydrogens (tertiary/aromatic N) is 1. The van der Waals surface area contributed by atoms with Gasteiger partial charge in [-0.1, -0.05) is 25.7 Å². The standard InChI is InChI=1S/C18H28N2O2S/c21-18(6-5-15-3-1-2-4-15)19-13-17(16-7-12-23-14-16)20-8-10-22-11-9-20/h7,12,14-15,17H,1-6,8-11,13H2,(H,19,21). The lowest BCUT2D eigenvalue weighted by molar-refractivity contribution is -0.121. The Morgan fingerprint density at radius 1 is 1.35 bits per heavy atom. The van der Waals surface area contributed by atoms with E-state index in [1.54, 1.807) is 11.3 Å². The second-order valence-corrected chi connectivity index (χ2v) is 7.49. The fraction of sp³-hybridized carbons (Fsp3) is 0.722. The van der Waals surface area contributed by atoms with Gasteiger partial charge in [0.25, 0.3) is 0 Å². The minimum absolute atomic E-state index is 0.213. The summed E-state index contributed by atoms with van der Waals surface area (Å²) >= 11 is 1.72. The Morgan fingerprint density at radius 2 is 2.13 bits per heavy atom. The number of carbonyl (C=O) groups is 1. The molecule has 5 heteroatoms. The van der Waals surface area contributed by atoms with Crippen LogP contribution < -0.4 is 5.32 Å².